The summed E-state index contributed by atoms with van der Waals surface area (Å²) in [5.41, 5.74) is 7.50. The van der Waals surface area contributed by atoms with Gasteiger partial charge in [0.05, 0.1) is 17.4 Å². The second kappa shape index (κ2) is 7.37. The molecule has 0 saturated carbocycles. The van der Waals surface area contributed by atoms with Crippen LogP contribution in [0.15, 0.2) is 72.9 Å². The van der Waals surface area contributed by atoms with Gasteiger partial charge in [-0.1, -0.05) is 35.5 Å². The van der Waals surface area contributed by atoms with Gasteiger partial charge in [-0.05, 0) is 71.4 Å². The van der Waals surface area contributed by atoms with Crippen molar-refractivity contribution in [2.24, 2.45) is 0 Å². The van der Waals surface area contributed by atoms with Gasteiger partial charge in [-0.25, -0.2) is 4.68 Å². The molecule has 3 aromatic heterocycles. The zero-order valence-corrected chi connectivity index (χ0v) is 18.6. The highest BCUT2D eigenvalue weighted by Crippen LogP contribution is 2.36. The van der Waals surface area contributed by atoms with Crippen molar-refractivity contribution >= 4 is 32.3 Å². The number of aromatic amines is 1. The van der Waals surface area contributed by atoms with Gasteiger partial charge in [-0.3, -0.25) is 5.10 Å². The molecule has 1 aliphatic rings. The van der Waals surface area contributed by atoms with E-state index in [0.717, 1.165) is 47.5 Å². The number of nitrogens with one attached hydrogen (secondary N) is 2. The molecule has 6 nitrogen and oxygen atoms in total. The second-order valence-electron chi connectivity index (χ2n) is 8.41. The molecular weight excluding hydrogens is 428 g/mol. The molecule has 0 fully saturated rings. The van der Waals surface area contributed by atoms with Gasteiger partial charge in [0.1, 0.15) is 11.4 Å². The topological polar surface area (TPSA) is 71.4 Å². The summed E-state index contributed by atoms with van der Waals surface area (Å²) in [6.45, 7) is 1.94. The van der Waals surface area contributed by atoms with Crippen LogP contribution in [0.3, 0.4) is 0 Å². The van der Waals surface area contributed by atoms with Crippen molar-refractivity contribution in [2.75, 3.05) is 6.54 Å². The van der Waals surface area contributed by atoms with Crippen LogP contribution in [0.4, 0.5) is 0 Å². The number of fused-ring (bicyclic) bond motifs is 3. The fourth-order valence-electron chi connectivity index (χ4n) is 4.59. The Kier molecular flexibility index (Phi) is 4.18. The van der Waals surface area contributed by atoms with Gasteiger partial charge < -0.3 is 5.32 Å². The third-order valence-electron chi connectivity index (χ3n) is 6.35. The summed E-state index contributed by atoms with van der Waals surface area (Å²) in [4.78, 5) is 1.25. The van der Waals surface area contributed by atoms with Gasteiger partial charge >= 0.3 is 0 Å². The Bertz CT molecular complexity index is 1610. The first kappa shape index (κ1) is 18.7. The number of rotatable bonds is 3. The Morgan fingerprint density at radius 3 is 2.88 bits per heavy atom. The van der Waals surface area contributed by atoms with E-state index in [4.69, 9.17) is 0 Å². The van der Waals surface area contributed by atoms with Gasteiger partial charge in [0, 0.05) is 21.5 Å². The minimum absolute atomic E-state index is 0.755. The van der Waals surface area contributed by atoms with Crippen LogP contribution in [-0.4, -0.2) is 31.7 Å². The lowest BCUT2D eigenvalue weighted by atomic mass is 10.0. The van der Waals surface area contributed by atoms with Crippen molar-refractivity contribution in [1.82, 2.24) is 30.5 Å². The standard InChI is InChI=1S/C26H20N6S/c1-2-4-24-17(3-1)13-25(33-24)18-6-8-22-21(12-18)26(30-28-22)23-15-32(31-29-23)20-7-5-16-9-10-27-14-19(16)11-20/h1-8,11-13,15,27H,9-10,14H2,(H,28,30). The summed E-state index contributed by atoms with van der Waals surface area (Å²) in [7, 11) is 0. The van der Waals surface area contributed by atoms with Crippen molar-refractivity contribution in [3.8, 4) is 27.5 Å². The summed E-state index contributed by atoms with van der Waals surface area (Å²) in [6.07, 6.45) is 3.03. The zero-order valence-electron chi connectivity index (χ0n) is 17.7. The molecule has 6 aromatic rings. The number of nitrogens with zero attached hydrogens (tertiary/aromatic N) is 4. The van der Waals surface area contributed by atoms with E-state index in [1.165, 1.54) is 31.7 Å². The molecule has 0 amide bonds. The van der Waals surface area contributed by atoms with Gasteiger partial charge in [0.25, 0.3) is 0 Å². The highest BCUT2D eigenvalue weighted by molar-refractivity contribution is 7.22. The minimum Gasteiger partial charge on any atom is -0.312 e. The van der Waals surface area contributed by atoms with E-state index in [0.29, 0.717) is 0 Å². The molecule has 0 aliphatic carbocycles. The van der Waals surface area contributed by atoms with Crippen LogP contribution in [0.1, 0.15) is 11.1 Å². The van der Waals surface area contributed by atoms with E-state index in [1.807, 2.05) is 22.2 Å². The minimum atomic E-state index is 0.755. The van der Waals surface area contributed by atoms with Crippen molar-refractivity contribution in [3.63, 3.8) is 0 Å². The smallest absolute Gasteiger partial charge is 0.134 e. The fraction of sp³-hybridized carbons (Fsp3) is 0.115. The number of H-pyrrole nitrogens is 1. The van der Waals surface area contributed by atoms with E-state index < -0.39 is 0 Å². The molecule has 0 atom stereocenters. The van der Waals surface area contributed by atoms with E-state index >= 15 is 0 Å². The molecule has 0 spiro atoms. The van der Waals surface area contributed by atoms with Crippen LogP contribution in [0, 0.1) is 0 Å². The lowest BCUT2D eigenvalue weighted by molar-refractivity contribution is 0.642. The third kappa shape index (κ3) is 3.16. The average molecular weight is 449 g/mol. The maximum atomic E-state index is 4.57. The summed E-state index contributed by atoms with van der Waals surface area (Å²) < 4.78 is 3.13. The molecule has 1 aliphatic heterocycles. The molecule has 0 radical (unpaired) electrons. The molecule has 33 heavy (non-hydrogen) atoms. The highest BCUT2D eigenvalue weighted by Gasteiger charge is 2.16. The Hall–Kier alpha value is -3.81. The maximum absolute atomic E-state index is 4.57. The molecular formula is C26H20N6S. The number of hydrogen-bond acceptors (Lipinski definition) is 5. The van der Waals surface area contributed by atoms with Crippen molar-refractivity contribution < 1.29 is 0 Å². The SMILES string of the molecule is c1ccc2sc(-c3ccc4[nH]nc(-c5cn(-c6ccc7c(c6)CNCC7)nn5)c4c3)cc2c1. The first-order valence-electron chi connectivity index (χ1n) is 11.0. The van der Waals surface area contributed by atoms with E-state index in [-0.39, 0.29) is 0 Å². The molecule has 0 bridgehead atoms. The van der Waals surface area contributed by atoms with Crippen LogP contribution in [0.2, 0.25) is 0 Å². The van der Waals surface area contributed by atoms with E-state index in [1.54, 1.807) is 0 Å². The monoisotopic (exact) mass is 448 g/mol. The molecule has 2 N–H and O–H groups in total. The molecule has 0 saturated heterocycles. The lowest BCUT2D eigenvalue weighted by Gasteiger charge is -2.17. The zero-order chi connectivity index (χ0) is 21.8. The van der Waals surface area contributed by atoms with Gasteiger partial charge in [-0.15, -0.1) is 16.4 Å². The van der Waals surface area contributed by atoms with Crippen LogP contribution in [0.25, 0.3) is 48.5 Å². The second-order valence-corrected chi connectivity index (χ2v) is 9.49. The van der Waals surface area contributed by atoms with E-state index in [9.17, 15) is 0 Å². The number of thiophene rings is 1. The Morgan fingerprint density at radius 1 is 0.939 bits per heavy atom. The van der Waals surface area contributed by atoms with Gasteiger partial charge in [-0.2, -0.15) is 5.10 Å². The lowest BCUT2D eigenvalue weighted by Crippen LogP contribution is -2.23. The molecule has 7 heteroatoms. The third-order valence-corrected chi connectivity index (χ3v) is 7.52. The average Bonchev–Trinajstić information content (AvgIpc) is 3.61. The first-order valence-corrected chi connectivity index (χ1v) is 11.9. The molecule has 160 valence electrons. The fourth-order valence-corrected chi connectivity index (χ4v) is 5.65. The summed E-state index contributed by atoms with van der Waals surface area (Å²) in [6, 6.07) is 23.7. The van der Waals surface area contributed by atoms with E-state index in [2.05, 4.69) is 92.6 Å². The Labute approximate surface area is 193 Å². The molecule has 0 unspecified atom stereocenters. The van der Waals surface area contributed by atoms with Crippen LogP contribution in [0.5, 0.6) is 0 Å². The quantitative estimate of drug-likeness (QED) is 0.383. The van der Waals surface area contributed by atoms with Crippen molar-refractivity contribution in [3.05, 3.63) is 84.1 Å². The largest absolute Gasteiger partial charge is 0.312 e. The predicted molar refractivity (Wildman–Crippen MR) is 133 cm³/mol. The van der Waals surface area contributed by atoms with Crippen LogP contribution >= 0.6 is 11.3 Å². The number of hydrogen-bond donors (Lipinski definition) is 2. The molecule has 3 aromatic carbocycles. The van der Waals surface area contributed by atoms with Crippen LogP contribution in [-0.2, 0) is 13.0 Å². The number of benzene rings is 3. The van der Waals surface area contributed by atoms with Crippen molar-refractivity contribution in [1.29, 1.82) is 0 Å². The Morgan fingerprint density at radius 2 is 1.91 bits per heavy atom. The normalized spacial score (nSPS) is 13.6. The number of aromatic nitrogens is 5. The van der Waals surface area contributed by atoms with Crippen LogP contribution < -0.4 is 5.32 Å². The highest BCUT2D eigenvalue weighted by atomic mass is 32.1. The van der Waals surface area contributed by atoms with Gasteiger partial charge in [0.15, 0.2) is 0 Å². The Balaban J connectivity index is 1.28. The maximum Gasteiger partial charge on any atom is 0.134 e. The predicted octanol–water partition coefficient (Wildman–Crippen LogP) is 5.34. The summed E-state index contributed by atoms with van der Waals surface area (Å²) in [5.74, 6) is 0. The van der Waals surface area contributed by atoms with Gasteiger partial charge in [0.2, 0.25) is 0 Å². The summed E-state index contributed by atoms with van der Waals surface area (Å²) >= 11 is 1.81. The molecule has 7 rings (SSSR count). The first-order chi connectivity index (χ1) is 16.3. The van der Waals surface area contributed by atoms with Crippen molar-refractivity contribution in [2.45, 2.75) is 13.0 Å². The summed E-state index contributed by atoms with van der Waals surface area (Å²) in [5, 5.41) is 22.3. The molecule has 4 heterocycles.